The zero-order valence-electron chi connectivity index (χ0n) is 9.28. The molecule has 0 heterocycles. The van der Waals surface area contributed by atoms with Gasteiger partial charge in [-0.1, -0.05) is 13.3 Å². The molecule has 1 saturated carbocycles. The molecule has 0 spiro atoms. The topological polar surface area (TPSA) is 49.5 Å². The van der Waals surface area contributed by atoms with E-state index in [9.17, 15) is 0 Å². The second-order valence-corrected chi connectivity index (χ2v) is 4.51. The maximum Gasteiger partial charge on any atom is 0.0468 e. The summed E-state index contributed by atoms with van der Waals surface area (Å²) in [6.45, 7) is 5.31. The summed E-state index contributed by atoms with van der Waals surface area (Å²) in [5.74, 6) is 0.397. The average Bonchev–Trinajstić information content (AvgIpc) is 2.11. The number of hydrogen-bond acceptors (Lipinski definition) is 3. The molecule has 0 amide bonds. The smallest absolute Gasteiger partial charge is 0.0468 e. The van der Waals surface area contributed by atoms with Gasteiger partial charge in [0.15, 0.2) is 0 Å². The van der Waals surface area contributed by atoms with Crippen molar-refractivity contribution in [1.29, 1.82) is 0 Å². The van der Waals surface area contributed by atoms with Crippen LogP contribution in [0.2, 0.25) is 0 Å². The van der Waals surface area contributed by atoms with Gasteiger partial charge < -0.3 is 10.8 Å². The lowest BCUT2D eigenvalue weighted by atomic mass is 9.90. The zero-order valence-corrected chi connectivity index (χ0v) is 9.28. The van der Waals surface area contributed by atoms with Gasteiger partial charge in [0.1, 0.15) is 0 Å². The highest BCUT2D eigenvalue weighted by atomic mass is 16.3. The summed E-state index contributed by atoms with van der Waals surface area (Å²) in [6, 6.07) is 0.774. The molecule has 3 heteroatoms. The van der Waals surface area contributed by atoms with E-state index in [0.717, 1.165) is 32.1 Å². The molecular weight excluding hydrogens is 176 g/mol. The minimum absolute atomic E-state index is 0.297. The van der Waals surface area contributed by atoms with Gasteiger partial charge >= 0.3 is 0 Å². The van der Waals surface area contributed by atoms with Crippen LogP contribution in [0, 0.1) is 5.92 Å². The Morgan fingerprint density at radius 2 is 2.21 bits per heavy atom. The first-order valence-electron chi connectivity index (χ1n) is 5.83. The molecule has 1 rings (SSSR count). The van der Waals surface area contributed by atoms with Crippen LogP contribution in [0.15, 0.2) is 0 Å². The molecule has 0 saturated heterocycles. The van der Waals surface area contributed by atoms with E-state index in [0.29, 0.717) is 12.5 Å². The summed E-state index contributed by atoms with van der Waals surface area (Å²) in [5, 5.41) is 9.03. The standard InChI is InChI=1S/C11H24N2O/c1-10(9-14)8-13(7-3-6-12)11-4-2-5-11/h10-11,14H,2-9,12H2,1H3. The lowest BCUT2D eigenvalue weighted by Gasteiger charge is -2.38. The monoisotopic (exact) mass is 200 g/mol. The second-order valence-electron chi connectivity index (χ2n) is 4.51. The normalized spacial score (nSPS) is 19.7. The van der Waals surface area contributed by atoms with Crippen molar-refractivity contribution in [2.24, 2.45) is 11.7 Å². The van der Waals surface area contributed by atoms with E-state index in [1.54, 1.807) is 0 Å². The molecule has 84 valence electrons. The SMILES string of the molecule is CC(CO)CN(CCCN)C1CCC1. The van der Waals surface area contributed by atoms with E-state index >= 15 is 0 Å². The van der Waals surface area contributed by atoms with Crippen LogP contribution in [0.5, 0.6) is 0 Å². The fraction of sp³-hybridized carbons (Fsp3) is 1.00. The third-order valence-electron chi connectivity index (χ3n) is 3.10. The van der Waals surface area contributed by atoms with Crippen LogP contribution in [0.4, 0.5) is 0 Å². The van der Waals surface area contributed by atoms with Crippen LogP contribution in [0.1, 0.15) is 32.6 Å². The van der Waals surface area contributed by atoms with Crippen molar-refractivity contribution in [2.45, 2.75) is 38.6 Å². The number of aliphatic hydroxyl groups is 1. The Bertz CT molecular complexity index is 148. The largest absolute Gasteiger partial charge is 0.396 e. The Labute approximate surface area is 87.3 Å². The zero-order chi connectivity index (χ0) is 10.4. The Hall–Kier alpha value is -0.120. The molecule has 1 aliphatic carbocycles. The highest BCUT2D eigenvalue weighted by Gasteiger charge is 2.25. The Morgan fingerprint density at radius 3 is 2.64 bits per heavy atom. The molecule has 0 aromatic heterocycles. The molecule has 0 bridgehead atoms. The minimum atomic E-state index is 0.297. The Kier molecular flexibility index (Phi) is 5.45. The molecule has 1 atom stereocenters. The van der Waals surface area contributed by atoms with Gasteiger partial charge in [0, 0.05) is 19.2 Å². The van der Waals surface area contributed by atoms with Gasteiger partial charge in [0.05, 0.1) is 0 Å². The number of hydrogen-bond donors (Lipinski definition) is 2. The molecular formula is C11H24N2O. The molecule has 1 unspecified atom stereocenters. The molecule has 3 N–H and O–H groups in total. The molecule has 0 aliphatic heterocycles. The molecule has 0 radical (unpaired) electrons. The molecule has 14 heavy (non-hydrogen) atoms. The maximum atomic E-state index is 9.03. The highest BCUT2D eigenvalue weighted by molar-refractivity contribution is 4.80. The fourth-order valence-electron chi connectivity index (χ4n) is 1.93. The minimum Gasteiger partial charge on any atom is -0.396 e. The average molecular weight is 200 g/mol. The number of rotatable bonds is 7. The maximum absolute atomic E-state index is 9.03. The first kappa shape index (κ1) is 12.0. The fourth-order valence-corrected chi connectivity index (χ4v) is 1.93. The van der Waals surface area contributed by atoms with Gasteiger partial charge in [-0.05, 0) is 38.3 Å². The van der Waals surface area contributed by atoms with Crippen molar-refractivity contribution >= 4 is 0 Å². The summed E-state index contributed by atoms with van der Waals surface area (Å²) < 4.78 is 0. The van der Waals surface area contributed by atoms with Crippen molar-refractivity contribution in [1.82, 2.24) is 4.90 Å². The van der Waals surface area contributed by atoms with Crippen LogP contribution in [-0.2, 0) is 0 Å². The van der Waals surface area contributed by atoms with Crippen molar-refractivity contribution in [3.8, 4) is 0 Å². The predicted molar refractivity (Wildman–Crippen MR) is 59.1 cm³/mol. The van der Waals surface area contributed by atoms with Gasteiger partial charge in [-0.15, -0.1) is 0 Å². The quantitative estimate of drug-likeness (QED) is 0.639. The van der Waals surface area contributed by atoms with Crippen molar-refractivity contribution in [3.63, 3.8) is 0 Å². The van der Waals surface area contributed by atoms with Crippen molar-refractivity contribution in [3.05, 3.63) is 0 Å². The first-order valence-corrected chi connectivity index (χ1v) is 5.83. The first-order chi connectivity index (χ1) is 6.77. The van der Waals surface area contributed by atoms with Crippen LogP contribution < -0.4 is 5.73 Å². The lowest BCUT2D eigenvalue weighted by molar-refractivity contribution is 0.0923. The van der Waals surface area contributed by atoms with E-state index in [1.165, 1.54) is 19.3 Å². The molecule has 0 aromatic rings. The van der Waals surface area contributed by atoms with Crippen LogP contribution in [0.3, 0.4) is 0 Å². The summed E-state index contributed by atoms with van der Waals surface area (Å²) >= 11 is 0. The van der Waals surface area contributed by atoms with Crippen molar-refractivity contribution < 1.29 is 5.11 Å². The number of nitrogens with two attached hydrogens (primary N) is 1. The molecule has 1 aliphatic rings. The van der Waals surface area contributed by atoms with E-state index < -0.39 is 0 Å². The predicted octanol–water partition coefficient (Wildman–Crippen LogP) is 0.818. The van der Waals surface area contributed by atoms with E-state index in [1.807, 2.05) is 0 Å². The summed E-state index contributed by atoms with van der Waals surface area (Å²) in [7, 11) is 0. The third kappa shape index (κ3) is 3.56. The lowest BCUT2D eigenvalue weighted by Crippen LogP contribution is -2.43. The summed E-state index contributed by atoms with van der Waals surface area (Å²) in [4.78, 5) is 2.51. The van der Waals surface area contributed by atoms with Crippen LogP contribution in [0.25, 0.3) is 0 Å². The van der Waals surface area contributed by atoms with E-state index in [4.69, 9.17) is 10.8 Å². The molecule has 1 fully saturated rings. The summed E-state index contributed by atoms with van der Waals surface area (Å²) in [6.07, 6.45) is 5.12. The van der Waals surface area contributed by atoms with Gasteiger partial charge in [0.25, 0.3) is 0 Å². The van der Waals surface area contributed by atoms with Gasteiger partial charge in [-0.25, -0.2) is 0 Å². The molecule has 0 aromatic carbocycles. The van der Waals surface area contributed by atoms with E-state index in [2.05, 4.69) is 11.8 Å². The van der Waals surface area contributed by atoms with Crippen LogP contribution >= 0.6 is 0 Å². The molecule has 3 nitrogen and oxygen atoms in total. The van der Waals surface area contributed by atoms with Gasteiger partial charge in [0.2, 0.25) is 0 Å². The Balaban J connectivity index is 2.27. The third-order valence-corrected chi connectivity index (χ3v) is 3.10. The van der Waals surface area contributed by atoms with Crippen molar-refractivity contribution in [2.75, 3.05) is 26.2 Å². The number of aliphatic hydroxyl groups excluding tert-OH is 1. The van der Waals surface area contributed by atoms with Gasteiger partial charge in [-0.2, -0.15) is 0 Å². The highest BCUT2D eigenvalue weighted by Crippen LogP contribution is 2.25. The van der Waals surface area contributed by atoms with Gasteiger partial charge in [-0.3, -0.25) is 4.90 Å². The number of nitrogens with zero attached hydrogens (tertiary/aromatic N) is 1. The van der Waals surface area contributed by atoms with Crippen LogP contribution in [-0.4, -0.2) is 42.3 Å². The Morgan fingerprint density at radius 1 is 1.50 bits per heavy atom. The van der Waals surface area contributed by atoms with E-state index in [-0.39, 0.29) is 0 Å². The summed E-state index contributed by atoms with van der Waals surface area (Å²) in [5.41, 5.74) is 5.52. The second kappa shape index (κ2) is 6.38.